The van der Waals surface area contributed by atoms with Gasteiger partial charge in [-0.15, -0.1) is 0 Å². The van der Waals surface area contributed by atoms with Crippen molar-refractivity contribution in [3.8, 4) is 5.75 Å². The molecule has 1 aromatic rings. The van der Waals surface area contributed by atoms with Crippen molar-refractivity contribution in [3.63, 3.8) is 0 Å². The Balaban J connectivity index is 2.09. The van der Waals surface area contributed by atoms with E-state index in [1.54, 1.807) is 7.11 Å². The molecule has 4 heteroatoms. The Hall–Kier alpha value is -1.55. The van der Waals surface area contributed by atoms with E-state index in [0.717, 1.165) is 30.0 Å². The SMILES string of the molecule is COc1cc(C)c(CN(C)C(=O)C2CNC2)cc1C. The van der Waals surface area contributed by atoms with Gasteiger partial charge in [-0.25, -0.2) is 0 Å². The highest BCUT2D eigenvalue weighted by molar-refractivity contribution is 5.80. The molecule has 0 aliphatic carbocycles. The molecule has 0 saturated carbocycles. The molecule has 1 N–H and O–H groups in total. The zero-order valence-corrected chi connectivity index (χ0v) is 12.1. The molecule has 0 aromatic heterocycles. The second-order valence-corrected chi connectivity index (χ2v) is 5.30. The topological polar surface area (TPSA) is 41.6 Å². The molecular formula is C15H22N2O2. The van der Waals surface area contributed by atoms with Crippen molar-refractivity contribution in [2.45, 2.75) is 20.4 Å². The van der Waals surface area contributed by atoms with Crippen LogP contribution in [0.4, 0.5) is 0 Å². The van der Waals surface area contributed by atoms with E-state index < -0.39 is 0 Å². The fourth-order valence-corrected chi connectivity index (χ4v) is 2.35. The Bertz CT molecular complexity index is 481. The normalized spacial score (nSPS) is 14.9. The number of benzene rings is 1. The van der Waals surface area contributed by atoms with Crippen molar-refractivity contribution in [1.29, 1.82) is 0 Å². The molecule has 1 aliphatic heterocycles. The first-order chi connectivity index (χ1) is 9.02. The molecule has 0 spiro atoms. The summed E-state index contributed by atoms with van der Waals surface area (Å²) in [6, 6.07) is 4.14. The van der Waals surface area contributed by atoms with E-state index in [2.05, 4.69) is 18.3 Å². The number of hydrogen-bond acceptors (Lipinski definition) is 3. The summed E-state index contributed by atoms with van der Waals surface area (Å²) in [4.78, 5) is 13.9. The average Bonchev–Trinajstić information content (AvgIpc) is 2.31. The number of carbonyl (C=O) groups is 1. The van der Waals surface area contributed by atoms with Gasteiger partial charge in [-0.2, -0.15) is 0 Å². The quantitative estimate of drug-likeness (QED) is 0.894. The summed E-state index contributed by atoms with van der Waals surface area (Å²) in [5, 5.41) is 3.13. The smallest absolute Gasteiger partial charge is 0.228 e. The minimum Gasteiger partial charge on any atom is -0.496 e. The van der Waals surface area contributed by atoms with Crippen LogP contribution in [-0.4, -0.2) is 38.1 Å². The van der Waals surface area contributed by atoms with Crippen LogP contribution in [0, 0.1) is 19.8 Å². The predicted octanol–water partition coefficient (Wildman–Crippen LogP) is 1.49. The lowest BCUT2D eigenvalue weighted by Gasteiger charge is -2.30. The first-order valence-corrected chi connectivity index (χ1v) is 6.62. The number of amides is 1. The molecule has 0 unspecified atom stereocenters. The number of methoxy groups -OCH3 is 1. The maximum absolute atomic E-state index is 12.1. The summed E-state index contributed by atoms with van der Waals surface area (Å²) in [6.45, 7) is 6.36. The molecule has 0 atom stereocenters. The zero-order valence-electron chi connectivity index (χ0n) is 12.1. The van der Waals surface area contributed by atoms with Crippen LogP contribution in [0.15, 0.2) is 12.1 Å². The molecular weight excluding hydrogens is 240 g/mol. The van der Waals surface area contributed by atoms with E-state index in [4.69, 9.17) is 4.74 Å². The van der Waals surface area contributed by atoms with Crippen molar-refractivity contribution in [2.75, 3.05) is 27.2 Å². The van der Waals surface area contributed by atoms with Gasteiger partial charge < -0.3 is 15.0 Å². The van der Waals surface area contributed by atoms with Crippen molar-refractivity contribution < 1.29 is 9.53 Å². The lowest BCUT2D eigenvalue weighted by Crippen LogP contribution is -2.51. The number of rotatable bonds is 4. The Labute approximate surface area is 114 Å². The van der Waals surface area contributed by atoms with E-state index in [0.29, 0.717) is 6.54 Å². The molecule has 0 radical (unpaired) electrons. The summed E-state index contributed by atoms with van der Waals surface area (Å²) < 4.78 is 5.31. The van der Waals surface area contributed by atoms with Crippen LogP contribution in [0.1, 0.15) is 16.7 Å². The third-order valence-corrected chi connectivity index (χ3v) is 3.77. The van der Waals surface area contributed by atoms with Gasteiger partial charge >= 0.3 is 0 Å². The lowest BCUT2D eigenvalue weighted by molar-refractivity contribution is -0.136. The fraction of sp³-hybridized carbons (Fsp3) is 0.533. The van der Waals surface area contributed by atoms with Crippen LogP contribution in [0.5, 0.6) is 5.75 Å². The molecule has 0 bridgehead atoms. The van der Waals surface area contributed by atoms with Gasteiger partial charge in [0.15, 0.2) is 0 Å². The molecule has 1 fully saturated rings. The second-order valence-electron chi connectivity index (χ2n) is 5.30. The van der Waals surface area contributed by atoms with Crippen LogP contribution in [0.3, 0.4) is 0 Å². The van der Waals surface area contributed by atoms with E-state index in [9.17, 15) is 4.79 Å². The van der Waals surface area contributed by atoms with Crippen molar-refractivity contribution in [3.05, 3.63) is 28.8 Å². The number of aryl methyl sites for hydroxylation is 2. The maximum atomic E-state index is 12.1. The van der Waals surface area contributed by atoms with Crippen LogP contribution in [-0.2, 0) is 11.3 Å². The van der Waals surface area contributed by atoms with Gasteiger partial charge in [0, 0.05) is 26.7 Å². The van der Waals surface area contributed by atoms with Crippen molar-refractivity contribution in [1.82, 2.24) is 10.2 Å². The molecule has 4 nitrogen and oxygen atoms in total. The average molecular weight is 262 g/mol. The minimum atomic E-state index is 0.157. The number of nitrogens with one attached hydrogen (secondary N) is 1. The Morgan fingerprint density at radius 3 is 2.58 bits per heavy atom. The lowest BCUT2D eigenvalue weighted by atomic mass is 10.0. The zero-order chi connectivity index (χ0) is 14.0. The van der Waals surface area contributed by atoms with Gasteiger partial charge in [-0.3, -0.25) is 4.79 Å². The second kappa shape index (κ2) is 5.61. The highest BCUT2D eigenvalue weighted by atomic mass is 16.5. The van der Waals surface area contributed by atoms with Crippen LogP contribution in [0.2, 0.25) is 0 Å². The van der Waals surface area contributed by atoms with Gasteiger partial charge in [-0.1, -0.05) is 6.07 Å². The third kappa shape index (κ3) is 2.89. The standard InChI is InChI=1S/C15H22N2O2/c1-10-6-14(19-4)11(2)5-12(10)9-17(3)15(18)13-7-16-8-13/h5-6,13,16H,7-9H2,1-4H3. The van der Waals surface area contributed by atoms with Crippen LogP contribution >= 0.6 is 0 Å². The number of nitrogens with zero attached hydrogens (tertiary/aromatic N) is 1. The van der Waals surface area contributed by atoms with Crippen molar-refractivity contribution >= 4 is 5.91 Å². The van der Waals surface area contributed by atoms with Crippen molar-refractivity contribution in [2.24, 2.45) is 5.92 Å². The number of carbonyl (C=O) groups excluding carboxylic acids is 1. The fourth-order valence-electron chi connectivity index (χ4n) is 2.35. The molecule has 19 heavy (non-hydrogen) atoms. The molecule has 1 saturated heterocycles. The highest BCUT2D eigenvalue weighted by Gasteiger charge is 2.27. The predicted molar refractivity (Wildman–Crippen MR) is 75.3 cm³/mol. The van der Waals surface area contributed by atoms with Gasteiger partial charge in [0.2, 0.25) is 5.91 Å². The van der Waals surface area contributed by atoms with Crippen LogP contribution in [0.25, 0.3) is 0 Å². The summed E-state index contributed by atoms with van der Waals surface area (Å²) in [7, 11) is 3.56. The molecule has 1 aromatic carbocycles. The van der Waals surface area contributed by atoms with Crippen LogP contribution < -0.4 is 10.1 Å². The van der Waals surface area contributed by atoms with E-state index in [-0.39, 0.29) is 11.8 Å². The minimum absolute atomic E-state index is 0.157. The summed E-state index contributed by atoms with van der Waals surface area (Å²) in [6.07, 6.45) is 0. The Morgan fingerprint density at radius 1 is 1.37 bits per heavy atom. The third-order valence-electron chi connectivity index (χ3n) is 3.77. The highest BCUT2D eigenvalue weighted by Crippen LogP contribution is 2.23. The number of hydrogen-bond donors (Lipinski definition) is 1. The van der Waals surface area contributed by atoms with E-state index in [1.807, 2.05) is 24.9 Å². The van der Waals surface area contributed by atoms with E-state index in [1.165, 1.54) is 5.56 Å². The van der Waals surface area contributed by atoms with Gasteiger partial charge in [0.1, 0.15) is 5.75 Å². The largest absolute Gasteiger partial charge is 0.496 e. The molecule has 1 aliphatic rings. The molecule has 104 valence electrons. The first-order valence-electron chi connectivity index (χ1n) is 6.62. The summed E-state index contributed by atoms with van der Waals surface area (Å²) >= 11 is 0. The Kier molecular flexibility index (Phi) is 4.10. The maximum Gasteiger partial charge on any atom is 0.228 e. The first kappa shape index (κ1) is 13.9. The van der Waals surface area contributed by atoms with Gasteiger partial charge in [-0.05, 0) is 36.6 Å². The molecule has 1 heterocycles. The summed E-state index contributed by atoms with van der Waals surface area (Å²) in [5.74, 6) is 1.29. The number of ether oxygens (including phenoxy) is 1. The van der Waals surface area contributed by atoms with E-state index >= 15 is 0 Å². The molecule has 1 amide bonds. The van der Waals surface area contributed by atoms with Gasteiger partial charge in [0.25, 0.3) is 0 Å². The molecule has 2 rings (SSSR count). The summed E-state index contributed by atoms with van der Waals surface area (Å²) in [5.41, 5.74) is 3.45. The Morgan fingerprint density at radius 2 is 2.05 bits per heavy atom. The van der Waals surface area contributed by atoms with Gasteiger partial charge in [0.05, 0.1) is 13.0 Å². The monoisotopic (exact) mass is 262 g/mol.